The van der Waals surface area contributed by atoms with Crippen LogP contribution in [0.3, 0.4) is 0 Å². The van der Waals surface area contributed by atoms with Crippen LogP contribution in [0.4, 0.5) is 34.1 Å². The second-order valence-corrected chi connectivity index (χ2v) is 13.4. The Bertz CT molecular complexity index is 1910. The molecule has 0 radical (unpaired) electrons. The van der Waals surface area contributed by atoms with Gasteiger partial charge in [0.15, 0.2) is 0 Å². The van der Waals surface area contributed by atoms with Gasteiger partial charge in [-0.2, -0.15) is 0 Å². The van der Waals surface area contributed by atoms with Gasteiger partial charge in [0.1, 0.15) is 0 Å². The Morgan fingerprint density at radius 2 is 0.712 bits per heavy atom. The van der Waals surface area contributed by atoms with Gasteiger partial charge in [0.2, 0.25) is 0 Å². The summed E-state index contributed by atoms with van der Waals surface area (Å²) in [5.74, 6) is 0. The van der Waals surface area contributed by atoms with Gasteiger partial charge in [-0.05, 0) is 121 Å². The predicted molar refractivity (Wildman–Crippen MR) is 217 cm³/mol. The summed E-state index contributed by atoms with van der Waals surface area (Å²) in [5, 5.41) is 0. The number of rotatable bonds is 11. The van der Waals surface area contributed by atoms with Crippen molar-refractivity contribution in [2.24, 2.45) is 0 Å². The molecule has 0 N–H and O–H groups in total. The lowest BCUT2D eigenvalue weighted by Gasteiger charge is -2.26. The number of hydrogen-bond donors (Lipinski definition) is 0. The molecule has 0 saturated carbocycles. The normalized spacial score (nSPS) is 17.2. The fourth-order valence-corrected chi connectivity index (χ4v) is 7.07. The maximum atomic E-state index is 5.77. The van der Waals surface area contributed by atoms with Crippen LogP contribution in [0.1, 0.15) is 36.8 Å². The van der Waals surface area contributed by atoms with E-state index >= 15 is 0 Å². The van der Waals surface area contributed by atoms with E-state index in [1.165, 1.54) is 22.3 Å². The molecule has 2 heterocycles. The summed E-state index contributed by atoms with van der Waals surface area (Å²) >= 11 is 0. The van der Waals surface area contributed by atoms with Crippen molar-refractivity contribution in [1.29, 1.82) is 0 Å². The highest BCUT2D eigenvalue weighted by Gasteiger charge is 2.16. The molecule has 2 aliphatic heterocycles. The van der Waals surface area contributed by atoms with Gasteiger partial charge in [-0.1, -0.05) is 109 Å². The fourth-order valence-electron chi connectivity index (χ4n) is 7.07. The molecular formula is C48H44N2O2. The van der Waals surface area contributed by atoms with Crippen molar-refractivity contribution in [3.05, 3.63) is 181 Å². The number of anilines is 6. The summed E-state index contributed by atoms with van der Waals surface area (Å²) in [5.41, 5.74) is 11.4. The topological polar surface area (TPSA) is 24.9 Å². The van der Waals surface area contributed by atoms with Crippen molar-refractivity contribution in [3.63, 3.8) is 0 Å². The van der Waals surface area contributed by atoms with Gasteiger partial charge in [0.05, 0.1) is 12.2 Å². The van der Waals surface area contributed by atoms with E-state index in [0.717, 1.165) is 73.0 Å². The minimum atomic E-state index is 0.236. The zero-order valence-electron chi connectivity index (χ0n) is 29.4. The standard InChI is InChI=1S/C48H44N2O2/c1-3-9-41(10-4-1)49(43-25-15-37(16-26-43)19-33-47-13-7-35-51-47)45-29-21-39(22-30-45)40-23-31-46(32-24-40)50(42-11-5-2-6-12-42)44-27-17-38(18-28-44)20-34-48-14-8-36-52-48/h1-6,9-12,15-34,47-48H,7-8,13-14,35-36H2. The maximum absolute atomic E-state index is 5.77. The zero-order chi connectivity index (χ0) is 35.0. The van der Waals surface area contributed by atoms with Gasteiger partial charge in [0, 0.05) is 47.3 Å². The molecule has 8 rings (SSSR count). The van der Waals surface area contributed by atoms with Crippen LogP contribution in [0.5, 0.6) is 0 Å². The van der Waals surface area contributed by atoms with Gasteiger partial charge >= 0.3 is 0 Å². The van der Waals surface area contributed by atoms with E-state index < -0.39 is 0 Å². The SMILES string of the molecule is C(=CC1CCCO1)c1ccc(N(c2ccccc2)c2ccc(-c3ccc(N(c4ccccc4)c4ccc(C=CC5CCCO5)cc4)cc3)cc2)cc1. The lowest BCUT2D eigenvalue weighted by atomic mass is 10.0. The summed E-state index contributed by atoms with van der Waals surface area (Å²) in [7, 11) is 0. The smallest absolute Gasteiger partial charge is 0.0759 e. The minimum absolute atomic E-state index is 0.236. The first kappa shape index (κ1) is 33.5. The molecule has 2 atom stereocenters. The van der Waals surface area contributed by atoms with E-state index in [9.17, 15) is 0 Å². The Morgan fingerprint density at radius 3 is 1.04 bits per heavy atom. The second kappa shape index (κ2) is 16.1. The third-order valence-corrected chi connectivity index (χ3v) is 9.85. The summed E-state index contributed by atoms with van der Waals surface area (Å²) in [6.45, 7) is 1.73. The molecule has 4 heteroatoms. The van der Waals surface area contributed by atoms with E-state index in [4.69, 9.17) is 9.47 Å². The lowest BCUT2D eigenvalue weighted by molar-refractivity contribution is 0.146. The van der Waals surface area contributed by atoms with Crippen molar-refractivity contribution in [2.45, 2.75) is 37.9 Å². The van der Waals surface area contributed by atoms with Crippen LogP contribution in [-0.4, -0.2) is 25.4 Å². The zero-order valence-corrected chi connectivity index (χ0v) is 29.4. The van der Waals surface area contributed by atoms with Crippen LogP contribution in [0, 0.1) is 0 Å². The Morgan fingerprint density at radius 1 is 0.385 bits per heavy atom. The summed E-state index contributed by atoms with van der Waals surface area (Å²) in [4.78, 5) is 4.61. The molecule has 0 aliphatic carbocycles. The number of hydrogen-bond acceptors (Lipinski definition) is 4. The van der Waals surface area contributed by atoms with Crippen LogP contribution in [0.2, 0.25) is 0 Å². The summed E-state index contributed by atoms with van der Waals surface area (Å²) in [6, 6.07) is 56.4. The predicted octanol–water partition coefficient (Wildman–Crippen LogP) is 12.7. The van der Waals surface area contributed by atoms with Gasteiger partial charge in [-0.3, -0.25) is 0 Å². The number of benzene rings is 6. The van der Waals surface area contributed by atoms with Crippen LogP contribution in [0.25, 0.3) is 23.3 Å². The highest BCUT2D eigenvalue weighted by atomic mass is 16.5. The molecule has 2 aliphatic rings. The lowest BCUT2D eigenvalue weighted by Crippen LogP contribution is -2.10. The first-order valence-electron chi connectivity index (χ1n) is 18.5. The summed E-state index contributed by atoms with van der Waals surface area (Å²) < 4.78 is 11.5. The third kappa shape index (κ3) is 7.94. The fraction of sp³-hybridized carbons (Fsp3) is 0.167. The largest absolute Gasteiger partial charge is 0.374 e. The van der Waals surface area contributed by atoms with Crippen molar-refractivity contribution in [1.82, 2.24) is 0 Å². The van der Waals surface area contributed by atoms with Crippen LogP contribution < -0.4 is 9.80 Å². The minimum Gasteiger partial charge on any atom is -0.374 e. The van der Waals surface area contributed by atoms with E-state index in [-0.39, 0.29) is 12.2 Å². The molecule has 4 nitrogen and oxygen atoms in total. The van der Waals surface area contributed by atoms with Crippen molar-refractivity contribution >= 4 is 46.3 Å². The molecule has 2 fully saturated rings. The summed E-state index contributed by atoms with van der Waals surface area (Å²) in [6.07, 6.45) is 13.7. The Hall–Kier alpha value is -5.68. The van der Waals surface area contributed by atoms with Gasteiger partial charge in [-0.25, -0.2) is 0 Å². The van der Waals surface area contributed by atoms with Crippen LogP contribution in [0.15, 0.2) is 170 Å². The highest BCUT2D eigenvalue weighted by Crippen LogP contribution is 2.38. The van der Waals surface area contributed by atoms with E-state index in [1.807, 2.05) is 0 Å². The molecule has 2 saturated heterocycles. The number of nitrogens with zero attached hydrogens (tertiary/aromatic N) is 2. The number of ether oxygens (including phenoxy) is 2. The monoisotopic (exact) mass is 680 g/mol. The van der Waals surface area contributed by atoms with E-state index in [1.54, 1.807) is 0 Å². The van der Waals surface area contributed by atoms with Gasteiger partial charge < -0.3 is 19.3 Å². The van der Waals surface area contributed by atoms with Crippen molar-refractivity contribution < 1.29 is 9.47 Å². The van der Waals surface area contributed by atoms with Crippen LogP contribution in [-0.2, 0) is 9.47 Å². The van der Waals surface area contributed by atoms with Crippen molar-refractivity contribution in [2.75, 3.05) is 23.0 Å². The molecule has 6 aromatic carbocycles. The van der Waals surface area contributed by atoms with E-state index in [2.05, 4.69) is 192 Å². The Kier molecular flexibility index (Phi) is 10.4. The molecule has 2 unspecified atom stereocenters. The van der Waals surface area contributed by atoms with E-state index in [0.29, 0.717) is 0 Å². The Labute approximate surface area is 307 Å². The molecule has 0 bridgehead atoms. The molecule has 258 valence electrons. The molecular weight excluding hydrogens is 637 g/mol. The average Bonchev–Trinajstić information content (AvgIpc) is 3.95. The molecule has 0 aromatic heterocycles. The first-order chi connectivity index (χ1) is 25.8. The number of para-hydroxylation sites is 2. The van der Waals surface area contributed by atoms with Gasteiger partial charge in [0.25, 0.3) is 0 Å². The maximum Gasteiger partial charge on any atom is 0.0759 e. The molecule has 0 spiro atoms. The first-order valence-corrected chi connectivity index (χ1v) is 18.5. The van der Waals surface area contributed by atoms with Crippen molar-refractivity contribution in [3.8, 4) is 11.1 Å². The van der Waals surface area contributed by atoms with Crippen LogP contribution >= 0.6 is 0 Å². The highest BCUT2D eigenvalue weighted by molar-refractivity contribution is 5.81. The Balaban J connectivity index is 1.02. The average molecular weight is 681 g/mol. The molecule has 52 heavy (non-hydrogen) atoms. The quantitative estimate of drug-likeness (QED) is 0.136. The molecule has 6 aromatic rings. The third-order valence-electron chi connectivity index (χ3n) is 9.85. The molecule has 0 amide bonds. The van der Waals surface area contributed by atoms with Gasteiger partial charge in [-0.15, -0.1) is 0 Å². The second-order valence-electron chi connectivity index (χ2n) is 13.4.